The van der Waals surface area contributed by atoms with Crippen molar-refractivity contribution < 1.29 is 23.3 Å². The lowest BCUT2D eigenvalue weighted by Gasteiger charge is -2.23. The second-order valence-electron chi connectivity index (χ2n) is 6.00. The van der Waals surface area contributed by atoms with E-state index in [1.807, 2.05) is 0 Å². The summed E-state index contributed by atoms with van der Waals surface area (Å²) in [4.78, 5) is 28.0. The molecule has 0 aliphatic carbocycles. The van der Waals surface area contributed by atoms with Crippen LogP contribution in [0.3, 0.4) is 0 Å². The summed E-state index contributed by atoms with van der Waals surface area (Å²) in [5, 5.41) is 9.32. The fourth-order valence-corrected chi connectivity index (χ4v) is 2.59. The molecule has 1 atom stereocenters. The normalized spacial score (nSPS) is 15.6. The zero-order valence-electron chi connectivity index (χ0n) is 14.4. The summed E-state index contributed by atoms with van der Waals surface area (Å²) in [5.41, 5.74) is 1.08. The number of amides is 2. The van der Waals surface area contributed by atoms with Crippen LogP contribution in [-0.4, -0.2) is 28.1 Å². The second kappa shape index (κ2) is 6.94. The number of rotatable bonds is 5. The van der Waals surface area contributed by atoms with Gasteiger partial charge in [0.05, 0.1) is 12.0 Å². The van der Waals surface area contributed by atoms with Crippen LogP contribution in [0.15, 0.2) is 45.5 Å². The maximum absolute atomic E-state index is 12.2. The predicted octanol–water partition coefficient (Wildman–Crippen LogP) is 2.62. The molecule has 0 saturated carbocycles. The topological polar surface area (TPSA) is 119 Å². The van der Waals surface area contributed by atoms with Crippen LogP contribution in [0.2, 0.25) is 0 Å². The molecule has 1 aliphatic rings. The zero-order valence-corrected chi connectivity index (χ0v) is 14.4. The van der Waals surface area contributed by atoms with E-state index < -0.39 is 6.10 Å². The average molecular weight is 368 g/mol. The Bertz CT molecular complexity index is 980. The molecule has 2 amide bonds. The standard InChI is InChI=1S/C18H16N4O5/c1-10-18(24)20-12-9-11(4-5-13(12)26-10)19-15(23)6-7-16-21-17(22-27-16)14-3-2-8-25-14/h2-5,8-10H,6-7H2,1H3,(H,19,23)(H,20,24). The monoisotopic (exact) mass is 368 g/mol. The number of hydrogen-bond donors (Lipinski definition) is 2. The summed E-state index contributed by atoms with van der Waals surface area (Å²) in [7, 11) is 0. The summed E-state index contributed by atoms with van der Waals surface area (Å²) in [6, 6.07) is 8.52. The van der Waals surface area contributed by atoms with E-state index in [1.165, 1.54) is 6.26 Å². The molecular formula is C18H16N4O5. The molecule has 0 radical (unpaired) electrons. The van der Waals surface area contributed by atoms with E-state index in [-0.39, 0.29) is 18.2 Å². The number of aryl methyl sites for hydroxylation is 1. The fourth-order valence-electron chi connectivity index (χ4n) is 2.59. The van der Waals surface area contributed by atoms with Gasteiger partial charge >= 0.3 is 0 Å². The highest BCUT2D eigenvalue weighted by molar-refractivity contribution is 5.99. The molecular weight excluding hydrogens is 352 g/mol. The van der Waals surface area contributed by atoms with E-state index in [4.69, 9.17) is 13.7 Å². The SMILES string of the molecule is CC1Oc2ccc(NC(=O)CCc3nc(-c4ccco4)no3)cc2NC1=O. The minimum atomic E-state index is -0.543. The van der Waals surface area contributed by atoms with Crippen molar-refractivity contribution in [3.8, 4) is 17.3 Å². The molecule has 2 N–H and O–H groups in total. The lowest BCUT2D eigenvalue weighted by Crippen LogP contribution is -2.34. The molecule has 2 aromatic heterocycles. The van der Waals surface area contributed by atoms with Crippen molar-refractivity contribution >= 4 is 23.2 Å². The summed E-state index contributed by atoms with van der Waals surface area (Å²) in [6.45, 7) is 1.67. The Morgan fingerprint density at radius 2 is 2.22 bits per heavy atom. The first-order valence-electron chi connectivity index (χ1n) is 8.36. The van der Waals surface area contributed by atoms with Gasteiger partial charge in [0.1, 0.15) is 5.75 Å². The number of anilines is 2. The van der Waals surface area contributed by atoms with Gasteiger partial charge in [0.25, 0.3) is 5.91 Å². The van der Waals surface area contributed by atoms with Gasteiger partial charge in [-0.05, 0) is 37.3 Å². The van der Waals surface area contributed by atoms with Gasteiger partial charge in [-0.1, -0.05) is 5.16 Å². The first-order valence-corrected chi connectivity index (χ1v) is 8.36. The molecule has 9 heteroatoms. The summed E-state index contributed by atoms with van der Waals surface area (Å²) in [6.07, 6.45) is 1.43. The van der Waals surface area contributed by atoms with Crippen LogP contribution in [0.4, 0.5) is 11.4 Å². The number of hydrogen-bond acceptors (Lipinski definition) is 7. The molecule has 1 aliphatic heterocycles. The first-order chi connectivity index (χ1) is 13.1. The third-order valence-electron chi connectivity index (χ3n) is 3.97. The zero-order chi connectivity index (χ0) is 18.8. The Morgan fingerprint density at radius 1 is 1.33 bits per heavy atom. The molecule has 4 rings (SSSR count). The van der Waals surface area contributed by atoms with Gasteiger partial charge in [0.15, 0.2) is 11.9 Å². The number of nitrogens with one attached hydrogen (secondary N) is 2. The summed E-state index contributed by atoms with van der Waals surface area (Å²) < 4.78 is 15.8. The lowest BCUT2D eigenvalue weighted by atomic mass is 10.2. The third-order valence-corrected chi connectivity index (χ3v) is 3.97. The molecule has 1 aromatic carbocycles. The third kappa shape index (κ3) is 3.66. The van der Waals surface area contributed by atoms with Crippen LogP contribution in [0, 0.1) is 0 Å². The van der Waals surface area contributed by atoms with Gasteiger partial charge in [-0.25, -0.2) is 0 Å². The number of fused-ring (bicyclic) bond motifs is 1. The molecule has 0 bridgehead atoms. The number of furan rings is 1. The van der Waals surface area contributed by atoms with Gasteiger partial charge in [0.2, 0.25) is 17.6 Å². The summed E-state index contributed by atoms with van der Waals surface area (Å²) in [5.74, 6) is 1.31. The van der Waals surface area contributed by atoms with Crippen molar-refractivity contribution in [2.75, 3.05) is 10.6 Å². The minimum absolute atomic E-state index is 0.163. The Kier molecular flexibility index (Phi) is 4.33. The van der Waals surface area contributed by atoms with Crippen molar-refractivity contribution in [2.24, 2.45) is 0 Å². The first kappa shape index (κ1) is 16.8. The van der Waals surface area contributed by atoms with Crippen molar-refractivity contribution in [2.45, 2.75) is 25.9 Å². The average Bonchev–Trinajstić information content (AvgIpc) is 3.33. The van der Waals surface area contributed by atoms with E-state index in [0.717, 1.165) is 0 Å². The van der Waals surface area contributed by atoms with E-state index in [0.29, 0.717) is 41.0 Å². The van der Waals surface area contributed by atoms with Crippen molar-refractivity contribution in [3.05, 3.63) is 42.5 Å². The van der Waals surface area contributed by atoms with Crippen molar-refractivity contribution in [3.63, 3.8) is 0 Å². The van der Waals surface area contributed by atoms with Crippen molar-refractivity contribution in [1.82, 2.24) is 10.1 Å². The van der Waals surface area contributed by atoms with Crippen LogP contribution in [0.5, 0.6) is 5.75 Å². The summed E-state index contributed by atoms with van der Waals surface area (Å²) >= 11 is 0. The second-order valence-corrected chi connectivity index (χ2v) is 6.00. The van der Waals surface area contributed by atoms with E-state index in [9.17, 15) is 9.59 Å². The number of carbonyl (C=O) groups is 2. The van der Waals surface area contributed by atoms with Crippen LogP contribution in [-0.2, 0) is 16.0 Å². The molecule has 0 fully saturated rings. The number of benzene rings is 1. The Labute approximate surface area is 153 Å². The largest absolute Gasteiger partial charge is 0.479 e. The molecule has 9 nitrogen and oxygen atoms in total. The van der Waals surface area contributed by atoms with Gasteiger partial charge in [-0.15, -0.1) is 0 Å². The molecule has 0 saturated heterocycles. The van der Waals surface area contributed by atoms with E-state index in [2.05, 4.69) is 20.8 Å². The minimum Gasteiger partial charge on any atom is -0.479 e. The molecule has 27 heavy (non-hydrogen) atoms. The highest BCUT2D eigenvalue weighted by Crippen LogP contribution is 2.32. The van der Waals surface area contributed by atoms with Gasteiger partial charge in [0, 0.05) is 18.5 Å². The van der Waals surface area contributed by atoms with Gasteiger partial charge in [-0.2, -0.15) is 4.98 Å². The quantitative estimate of drug-likeness (QED) is 0.710. The van der Waals surface area contributed by atoms with Crippen molar-refractivity contribution in [1.29, 1.82) is 0 Å². The van der Waals surface area contributed by atoms with Crippen LogP contribution < -0.4 is 15.4 Å². The predicted molar refractivity (Wildman–Crippen MR) is 94.1 cm³/mol. The van der Waals surface area contributed by atoms with Crippen LogP contribution in [0.25, 0.3) is 11.6 Å². The molecule has 1 unspecified atom stereocenters. The molecule has 3 aromatic rings. The Hall–Kier alpha value is -3.62. The highest BCUT2D eigenvalue weighted by atomic mass is 16.5. The number of nitrogens with zero attached hydrogens (tertiary/aromatic N) is 2. The Balaban J connectivity index is 1.35. The molecule has 3 heterocycles. The Morgan fingerprint density at radius 3 is 3.04 bits per heavy atom. The molecule has 0 spiro atoms. The highest BCUT2D eigenvalue weighted by Gasteiger charge is 2.23. The van der Waals surface area contributed by atoms with Gasteiger partial charge < -0.3 is 24.3 Å². The maximum atomic E-state index is 12.2. The number of carbonyl (C=O) groups excluding carboxylic acids is 2. The number of aromatic nitrogens is 2. The fraction of sp³-hybridized carbons (Fsp3) is 0.222. The van der Waals surface area contributed by atoms with Crippen LogP contribution in [0.1, 0.15) is 19.2 Å². The smallest absolute Gasteiger partial charge is 0.265 e. The lowest BCUT2D eigenvalue weighted by molar-refractivity contribution is -0.122. The van der Waals surface area contributed by atoms with E-state index in [1.54, 1.807) is 37.3 Å². The van der Waals surface area contributed by atoms with Gasteiger partial charge in [-0.3, -0.25) is 9.59 Å². The number of ether oxygens (including phenoxy) is 1. The molecule has 138 valence electrons. The van der Waals surface area contributed by atoms with Crippen LogP contribution >= 0.6 is 0 Å². The van der Waals surface area contributed by atoms with E-state index >= 15 is 0 Å². The maximum Gasteiger partial charge on any atom is 0.265 e.